The minimum atomic E-state index is -0.293. The molecular weight excluding hydrogens is 564 g/mol. The van der Waals surface area contributed by atoms with Crippen molar-refractivity contribution in [3.8, 4) is 11.5 Å². The summed E-state index contributed by atoms with van der Waals surface area (Å²) in [6.45, 7) is 4.02. The molecule has 1 fully saturated rings. The second kappa shape index (κ2) is 11.3. The molecule has 2 amide bonds. The van der Waals surface area contributed by atoms with Crippen LogP contribution in [0.1, 0.15) is 22.5 Å². The molecule has 1 N–H and O–H groups in total. The number of anilines is 1. The maximum atomic E-state index is 12.9. The van der Waals surface area contributed by atoms with Gasteiger partial charge in [0.15, 0.2) is 18.1 Å². The number of furan rings is 1. The first-order valence-corrected chi connectivity index (χ1v) is 12.9. The number of nitrogens with one attached hydrogen (secondary N) is 1. The molecule has 1 aliphatic heterocycles. The van der Waals surface area contributed by atoms with Crippen LogP contribution in [-0.2, 0) is 16.1 Å². The van der Waals surface area contributed by atoms with Gasteiger partial charge in [0.25, 0.3) is 11.8 Å². The van der Waals surface area contributed by atoms with Gasteiger partial charge in [-0.25, -0.2) is 0 Å². The van der Waals surface area contributed by atoms with Gasteiger partial charge in [-0.1, -0.05) is 30.0 Å². The van der Waals surface area contributed by atoms with Gasteiger partial charge >= 0.3 is 0 Å². The summed E-state index contributed by atoms with van der Waals surface area (Å²) in [6.07, 6.45) is 3.30. The molecule has 186 valence electrons. The second-order valence-electron chi connectivity index (χ2n) is 8.09. The number of carbonyl (C=O) groups is 2. The molecule has 0 spiro atoms. The summed E-state index contributed by atoms with van der Waals surface area (Å²) in [7, 11) is 1.51. The van der Waals surface area contributed by atoms with E-state index in [-0.39, 0.29) is 25.0 Å². The average molecular weight is 588 g/mol. The molecule has 1 aromatic heterocycles. The van der Waals surface area contributed by atoms with E-state index in [2.05, 4.69) is 21.2 Å². The minimum Gasteiger partial charge on any atom is -0.493 e. The Bertz CT molecular complexity index is 1330. The highest BCUT2D eigenvalue weighted by Crippen LogP contribution is 2.39. The zero-order chi connectivity index (χ0) is 25.8. The molecule has 2 aromatic carbocycles. The minimum absolute atomic E-state index is 0.195. The zero-order valence-electron chi connectivity index (χ0n) is 19.8. The van der Waals surface area contributed by atoms with Gasteiger partial charge < -0.3 is 19.2 Å². The molecule has 0 bridgehead atoms. The normalized spacial score (nSPS) is 14.4. The average Bonchev–Trinajstić information content (AvgIpc) is 3.41. The first-order valence-electron chi connectivity index (χ1n) is 10.9. The Morgan fingerprint density at radius 3 is 2.64 bits per heavy atom. The Kier molecular flexibility index (Phi) is 8.17. The Balaban J connectivity index is 1.46. The number of methoxy groups -OCH3 is 1. The number of hydrogen-bond donors (Lipinski definition) is 1. The van der Waals surface area contributed by atoms with Crippen molar-refractivity contribution in [2.24, 2.45) is 0 Å². The lowest BCUT2D eigenvalue weighted by Crippen LogP contribution is -2.27. The molecule has 36 heavy (non-hydrogen) atoms. The Labute approximate surface area is 227 Å². The monoisotopic (exact) mass is 586 g/mol. The molecule has 0 saturated carbocycles. The fraction of sp³-hybridized carbons (Fsp3) is 0.192. The van der Waals surface area contributed by atoms with Gasteiger partial charge in [0.1, 0.15) is 10.1 Å². The molecule has 0 aliphatic carbocycles. The number of rotatable bonds is 8. The Morgan fingerprint density at radius 2 is 1.97 bits per heavy atom. The van der Waals surface area contributed by atoms with Crippen LogP contribution in [0.2, 0.25) is 0 Å². The third-order valence-corrected chi connectivity index (χ3v) is 7.14. The molecule has 10 heteroatoms. The number of ether oxygens (including phenoxy) is 2. The number of amides is 2. The van der Waals surface area contributed by atoms with E-state index >= 15 is 0 Å². The predicted molar refractivity (Wildman–Crippen MR) is 148 cm³/mol. The number of thioether (sulfide) groups is 1. The lowest BCUT2D eigenvalue weighted by molar-refractivity contribution is -0.122. The van der Waals surface area contributed by atoms with Gasteiger partial charge in [-0.2, -0.15) is 0 Å². The molecular formula is C26H23BrN2O5S2. The van der Waals surface area contributed by atoms with Crippen molar-refractivity contribution in [3.63, 3.8) is 0 Å². The largest absolute Gasteiger partial charge is 0.493 e. The first-order chi connectivity index (χ1) is 17.2. The molecule has 1 saturated heterocycles. The van der Waals surface area contributed by atoms with Gasteiger partial charge in [-0.05, 0) is 88.9 Å². The van der Waals surface area contributed by atoms with Crippen LogP contribution in [0.4, 0.5) is 5.69 Å². The number of nitrogens with zero attached hydrogens (tertiary/aromatic N) is 1. The van der Waals surface area contributed by atoms with Crippen molar-refractivity contribution in [2.75, 3.05) is 19.0 Å². The van der Waals surface area contributed by atoms with Crippen molar-refractivity contribution < 1.29 is 23.5 Å². The molecule has 0 unspecified atom stereocenters. The summed E-state index contributed by atoms with van der Waals surface area (Å²) in [5.41, 5.74) is 3.55. The smallest absolute Gasteiger partial charge is 0.266 e. The quantitative estimate of drug-likeness (QED) is 0.253. The lowest BCUT2D eigenvalue weighted by atomic mass is 10.1. The van der Waals surface area contributed by atoms with Crippen LogP contribution in [0.5, 0.6) is 11.5 Å². The van der Waals surface area contributed by atoms with Gasteiger partial charge in [-0.15, -0.1) is 0 Å². The fourth-order valence-corrected chi connectivity index (χ4v) is 5.52. The van der Waals surface area contributed by atoms with E-state index in [0.29, 0.717) is 42.2 Å². The van der Waals surface area contributed by atoms with E-state index in [9.17, 15) is 9.59 Å². The Morgan fingerprint density at radius 1 is 1.22 bits per heavy atom. The van der Waals surface area contributed by atoms with Crippen LogP contribution in [0.25, 0.3) is 6.08 Å². The van der Waals surface area contributed by atoms with Crippen LogP contribution >= 0.6 is 39.9 Å². The van der Waals surface area contributed by atoms with Crippen LogP contribution in [0, 0.1) is 13.8 Å². The molecule has 0 atom stereocenters. The molecule has 4 rings (SSSR count). The van der Waals surface area contributed by atoms with Crippen molar-refractivity contribution in [1.29, 1.82) is 0 Å². The highest BCUT2D eigenvalue weighted by atomic mass is 79.9. The SMILES string of the molecule is COc1cc(/C=C2\SC(=S)N(Cc3ccco3)C2=O)cc(Br)c1OCC(=O)Nc1cc(C)cc(C)c1. The van der Waals surface area contributed by atoms with Gasteiger partial charge in [0.05, 0.1) is 29.3 Å². The number of carbonyl (C=O) groups excluding carboxylic acids is 2. The van der Waals surface area contributed by atoms with Crippen molar-refractivity contribution in [1.82, 2.24) is 4.90 Å². The maximum absolute atomic E-state index is 12.9. The molecule has 3 aromatic rings. The van der Waals surface area contributed by atoms with E-state index in [0.717, 1.165) is 11.1 Å². The van der Waals surface area contributed by atoms with Gasteiger partial charge in [-0.3, -0.25) is 14.5 Å². The number of hydrogen-bond acceptors (Lipinski definition) is 7. The summed E-state index contributed by atoms with van der Waals surface area (Å²) >= 11 is 10.1. The molecule has 7 nitrogen and oxygen atoms in total. The predicted octanol–water partition coefficient (Wildman–Crippen LogP) is 6.09. The van der Waals surface area contributed by atoms with Crippen LogP contribution in [0.15, 0.2) is 62.5 Å². The topological polar surface area (TPSA) is 81.0 Å². The fourth-order valence-electron chi connectivity index (χ4n) is 3.69. The number of aryl methyl sites for hydroxylation is 2. The number of halogens is 1. The summed E-state index contributed by atoms with van der Waals surface area (Å²) in [6, 6.07) is 12.9. The Hall–Kier alpha value is -3.08. The summed E-state index contributed by atoms with van der Waals surface area (Å²) in [4.78, 5) is 27.4. The number of benzene rings is 2. The lowest BCUT2D eigenvalue weighted by Gasteiger charge is -2.14. The second-order valence-corrected chi connectivity index (χ2v) is 10.6. The van der Waals surface area contributed by atoms with E-state index in [4.69, 9.17) is 26.1 Å². The maximum Gasteiger partial charge on any atom is 0.266 e. The van der Waals surface area contributed by atoms with E-state index < -0.39 is 0 Å². The summed E-state index contributed by atoms with van der Waals surface area (Å²) in [5, 5.41) is 2.85. The van der Waals surface area contributed by atoms with Crippen LogP contribution < -0.4 is 14.8 Å². The van der Waals surface area contributed by atoms with Gasteiger partial charge in [0.2, 0.25) is 0 Å². The van der Waals surface area contributed by atoms with Crippen molar-refractivity contribution in [3.05, 3.63) is 80.6 Å². The highest BCUT2D eigenvalue weighted by molar-refractivity contribution is 9.10. The standard InChI is InChI=1S/C26H23BrN2O5S2/c1-15-7-16(2)9-18(8-15)28-23(30)14-34-24-20(27)10-17(11-21(24)32-3)12-22-25(31)29(26(35)36-22)13-19-5-4-6-33-19/h4-12H,13-14H2,1-3H3,(H,28,30)/b22-12-. The van der Waals surface area contributed by atoms with E-state index in [1.54, 1.807) is 36.6 Å². The summed E-state index contributed by atoms with van der Waals surface area (Å²) < 4.78 is 17.7. The van der Waals surface area contributed by atoms with Crippen molar-refractivity contribution in [2.45, 2.75) is 20.4 Å². The van der Waals surface area contributed by atoms with Crippen LogP contribution in [0.3, 0.4) is 0 Å². The van der Waals surface area contributed by atoms with Crippen molar-refractivity contribution >= 4 is 67.8 Å². The van der Waals surface area contributed by atoms with E-state index in [1.165, 1.54) is 23.8 Å². The highest BCUT2D eigenvalue weighted by Gasteiger charge is 2.32. The molecule has 2 heterocycles. The third-order valence-electron chi connectivity index (χ3n) is 5.17. The number of thiocarbonyl (C=S) groups is 1. The third kappa shape index (κ3) is 6.18. The zero-order valence-corrected chi connectivity index (χ0v) is 23.0. The molecule has 1 aliphatic rings. The van der Waals surface area contributed by atoms with E-state index in [1.807, 2.05) is 32.0 Å². The van der Waals surface area contributed by atoms with Gasteiger partial charge in [0, 0.05) is 5.69 Å². The first kappa shape index (κ1) is 26.0. The molecule has 0 radical (unpaired) electrons. The summed E-state index contributed by atoms with van der Waals surface area (Å²) in [5.74, 6) is 0.967. The van der Waals surface area contributed by atoms with Crippen LogP contribution in [-0.4, -0.2) is 34.8 Å².